The van der Waals surface area contributed by atoms with E-state index in [-0.39, 0.29) is 10.9 Å². The molecule has 0 unspecified atom stereocenters. The first-order chi connectivity index (χ1) is 17.2. The lowest BCUT2D eigenvalue weighted by molar-refractivity contribution is -0.274. The summed E-state index contributed by atoms with van der Waals surface area (Å²) in [7, 11) is 0. The van der Waals surface area contributed by atoms with Gasteiger partial charge in [-0.3, -0.25) is 5.43 Å². The summed E-state index contributed by atoms with van der Waals surface area (Å²) in [5.74, 6) is -0.297. The van der Waals surface area contributed by atoms with Crippen molar-refractivity contribution >= 4 is 52.4 Å². The van der Waals surface area contributed by atoms with E-state index in [0.717, 1.165) is 11.1 Å². The number of alkyl halides is 3. The second-order valence-corrected chi connectivity index (χ2v) is 8.45. The Labute approximate surface area is 219 Å². The van der Waals surface area contributed by atoms with Crippen molar-refractivity contribution in [1.82, 2.24) is 15.2 Å². The molecule has 0 aliphatic rings. The number of ether oxygens (including phenoxy) is 1. The molecule has 4 rings (SSSR count). The third-order valence-corrected chi connectivity index (χ3v) is 5.53. The van der Waals surface area contributed by atoms with E-state index in [1.54, 1.807) is 41.4 Å². The zero-order valence-corrected chi connectivity index (χ0v) is 20.5. The maximum atomic E-state index is 12.3. The fraction of sp³-hybridized carbons (Fsp3) is 0.0417. The van der Waals surface area contributed by atoms with Crippen molar-refractivity contribution < 1.29 is 17.9 Å². The van der Waals surface area contributed by atoms with E-state index < -0.39 is 6.36 Å². The Morgan fingerprint density at radius 2 is 1.64 bits per heavy atom. The fourth-order valence-corrected chi connectivity index (χ4v) is 3.73. The van der Waals surface area contributed by atoms with Crippen molar-refractivity contribution in [2.75, 3.05) is 5.32 Å². The van der Waals surface area contributed by atoms with E-state index in [4.69, 9.17) is 35.4 Å². The normalized spacial score (nSPS) is 11.5. The lowest BCUT2D eigenvalue weighted by Gasteiger charge is -2.10. The molecule has 0 saturated heterocycles. The fourth-order valence-electron chi connectivity index (χ4n) is 3.09. The van der Waals surface area contributed by atoms with E-state index >= 15 is 0 Å². The zero-order chi connectivity index (χ0) is 25.7. The lowest BCUT2D eigenvalue weighted by Crippen LogP contribution is -2.24. The molecule has 0 bridgehead atoms. The molecule has 0 fully saturated rings. The number of para-hydroxylation sites is 1. The number of rotatable bonds is 6. The summed E-state index contributed by atoms with van der Waals surface area (Å²) >= 11 is 17.4. The quantitative estimate of drug-likeness (QED) is 0.153. The number of nitrogens with zero attached hydrogens (tertiary/aromatic N) is 3. The molecule has 4 aromatic rings. The van der Waals surface area contributed by atoms with Gasteiger partial charge in [-0.15, -0.1) is 13.2 Å². The maximum Gasteiger partial charge on any atom is 0.573 e. The largest absolute Gasteiger partial charge is 0.573 e. The third kappa shape index (κ3) is 6.75. The average molecular weight is 550 g/mol. The lowest BCUT2D eigenvalue weighted by atomic mass is 10.1. The summed E-state index contributed by atoms with van der Waals surface area (Å²) in [6.07, 6.45) is -1.43. The molecule has 0 spiro atoms. The number of halogens is 5. The number of hydrogen-bond acceptors (Lipinski definition) is 4. The van der Waals surface area contributed by atoms with Gasteiger partial charge in [-0.1, -0.05) is 53.5 Å². The Hall–Kier alpha value is -3.60. The summed E-state index contributed by atoms with van der Waals surface area (Å²) < 4.78 is 42.4. The Balaban J connectivity index is 1.36. The van der Waals surface area contributed by atoms with Crippen LogP contribution < -0.4 is 15.5 Å². The van der Waals surface area contributed by atoms with Crippen LogP contribution in [0.5, 0.6) is 5.75 Å². The number of benzene rings is 3. The molecule has 0 radical (unpaired) electrons. The van der Waals surface area contributed by atoms with E-state index in [1.165, 1.54) is 24.3 Å². The van der Waals surface area contributed by atoms with Crippen molar-refractivity contribution in [2.24, 2.45) is 5.10 Å². The Morgan fingerprint density at radius 3 is 2.28 bits per heavy atom. The second-order valence-electron chi connectivity index (χ2n) is 7.23. The van der Waals surface area contributed by atoms with Gasteiger partial charge in [0.2, 0.25) is 0 Å². The highest BCUT2D eigenvalue weighted by Gasteiger charge is 2.31. The van der Waals surface area contributed by atoms with Crippen LogP contribution in [-0.4, -0.2) is 27.5 Å². The molecule has 0 aliphatic heterocycles. The smallest absolute Gasteiger partial charge is 0.406 e. The third-order valence-electron chi connectivity index (χ3n) is 4.71. The summed E-state index contributed by atoms with van der Waals surface area (Å²) in [6.45, 7) is 0. The van der Waals surface area contributed by atoms with E-state index in [2.05, 4.69) is 25.7 Å². The molecular weight excluding hydrogens is 534 g/mol. The van der Waals surface area contributed by atoms with Crippen LogP contribution in [0.15, 0.2) is 84.1 Å². The van der Waals surface area contributed by atoms with Gasteiger partial charge in [-0.25, -0.2) is 4.68 Å². The van der Waals surface area contributed by atoms with Crippen LogP contribution in [0.1, 0.15) is 5.56 Å². The Kier molecular flexibility index (Phi) is 7.78. The molecule has 3 aromatic carbocycles. The number of aromatic nitrogens is 2. The SMILES string of the molecule is FC(F)(F)Oc1ccc(-n2ccc(-c3ccc(C=NNC(=S)Nc4c(Cl)cccc4Cl)cc3)n2)cc1. The molecule has 2 N–H and O–H groups in total. The first kappa shape index (κ1) is 25.5. The monoisotopic (exact) mass is 549 g/mol. The first-order valence-electron chi connectivity index (χ1n) is 10.2. The van der Waals surface area contributed by atoms with Crippen LogP contribution in [0, 0.1) is 0 Å². The number of hydrogen-bond donors (Lipinski definition) is 2. The van der Waals surface area contributed by atoms with Gasteiger partial charge in [0, 0.05) is 11.8 Å². The summed E-state index contributed by atoms with van der Waals surface area (Å²) in [4.78, 5) is 0. The van der Waals surface area contributed by atoms with Gasteiger partial charge >= 0.3 is 6.36 Å². The second kappa shape index (κ2) is 11.0. The van der Waals surface area contributed by atoms with E-state index in [0.29, 0.717) is 27.1 Å². The molecule has 12 heteroatoms. The topological polar surface area (TPSA) is 63.5 Å². The van der Waals surface area contributed by atoms with Gasteiger partial charge in [-0.2, -0.15) is 10.2 Å². The van der Waals surface area contributed by atoms with Gasteiger partial charge in [0.25, 0.3) is 0 Å². The van der Waals surface area contributed by atoms with Crippen molar-refractivity contribution in [1.29, 1.82) is 0 Å². The van der Waals surface area contributed by atoms with Crippen molar-refractivity contribution in [3.05, 3.63) is 94.6 Å². The van der Waals surface area contributed by atoms with Gasteiger partial charge in [0.05, 0.1) is 33.3 Å². The summed E-state index contributed by atoms with van der Waals surface area (Å²) in [5, 5.41) is 12.6. The van der Waals surface area contributed by atoms with Crippen LogP contribution in [0.4, 0.5) is 18.9 Å². The maximum absolute atomic E-state index is 12.3. The Bertz CT molecular complexity index is 1370. The molecular formula is C24H16Cl2F3N5OS. The molecule has 184 valence electrons. The predicted octanol–water partition coefficient (Wildman–Crippen LogP) is 7.07. The molecule has 0 atom stereocenters. The summed E-state index contributed by atoms with van der Waals surface area (Å²) in [6, 6.07) is 19.8. The minimum absolute atomic E-state index is 0.224. The molecule has 0 amide bonds. The highest BCUT2D eigenvalue weighted by Crippen LogP contribution is 2.29. The summed E-state index contributed by atoms with van der Waals surface area (Å²) in [5.41, 5.74) is 6.13. The number of nitrogens with one attached hydrogen (secondary N) is 2. The van der Waals surface area contributed by atoms with E-state index in [1.807, 2.05) is 24.3 Å². The average Bonchev–Trinajstić information content (AvgIpc) is 3.32. The predicted molar refractivity (Wildman–Crippen MR) is 139 cm³/mol. The molecule has 0 aliphatic carbocycles. The molecule has 6 nitrogen and oxygen atoms in total. The number of hydrazone groups is 1. The molecule has 1 heterocycles. The van der Waals surface area contributed by atoms with Gasteiger partial charge < -0.3 is 10.1 Å². The van der Waals surface area contributed by atoms with Gasteiger partial charge in [0.1, 0.15) is 5.75 Å². The molecule has 1 aromatic heterocycles. The van der Waals surface area contributed by atoms with Crippen molar-refractivity contribution in [2.45, 2.75) is 6.36 Å². The van der Waals surface area contributed by atoms with Gasteiger partial charge in [0.15, 0.2) is 5.11 Å². The number of thiocarbonyl (C=S) groups is 1. The Morgan fingerprint density at radius 1 is 0.972 bits per heavy atom. The standard InChI is InChI=1S/C24H16Cl2F3N5OS/c25-19-2-1-3-20(26)22(19)31-23(36)32-30-14-15-4-6-16(7-5-15)21-12-13-34(33-21)17-8-10-18(11-9-17)35-24(27,28)29/h1-14H,(H2,31,32,36). The molecule has 36 heavy (non-hydrogen) atoms. The van der Waals surface area contributed by atoms with Crippen LogP contribution in [-0.2, 0) is 0 Å². The van der Waals surface area contributed by atoms with Crippen molar-refractivity contribution in [3.63, 3.8) is 0 Å². The number of anilines is 1. The van der Waals surface area contributed by atoms with Crippen LogP contribution in [0.2, 0.25) is 10.0 Å². The van der Waals surface area contributed by atoms with Crippen LogP contribution in [0.25, 0.3) is 16.9 Å². The first-order valence-corrected chi connectivity index (χ1v) is 11.4. The highest BCUT2D eigenvalue weighted by molar-refractivity contribution is 7.80. The van der Waals surface area contributed by atoms with Crippen LogP contribution in [0.3, 0.4) is 0 Å². The minimum Gasteiger partial charge on any atom is -0.406 e. The van der Waals surface area contributed by atoms with Crippen LogP contribution >= 0.6 is 35.4 Å². The van der Waals surface area contributed by atoms with Crippen molar-refractivity contribution in [3.8, 4) is 22.7 Å². The van der Waals surface area contributed by atoms with Gasteiger partial charge in [-0.05, 0) is 60.2 Å². The molecule has 0 saturated carbocycles. The minimum atomic E-state index is -4.74. The van der Waals surface area contributed by atoms with E-state index in [9.17, 15) is 13.2 Å². The highest BCUT2D eigenvalue weighted by atomic mass is 35.5. The zero-order valence-electron chi connectivity index (χ0n) is 18.1.